The molecular weight excluding hydrogens is 448 g/mol. The predicted molar refractivity (Wildman–Crippen MR) is 144 cm³/mol. The highest BCUT2D eigenvalue weighted by atomic mass is 16.5. The molecule has 0 unspecified atom stereocenters. The smallest absolute Gasteiger partial charge is 0.189 e. The first-order chi connectivity index (χ1) is 17.5. The van der Waals surface area contributed by atoms with Crippen molar-refractivity contribution in [3.63, 3.8) is 0 Å². The van der Waals surface area contributed by atoms with Crippen LogP contribution in [-0.2, 0) is 13.2 Å². The molecule has 0 aromatic heterocycles. The van der Waals surface area contributed by atoms with Gasteiger partial charge in [-0.15, -0.1) is 0 Å². The molecule has 0 aliphatic rings. The Morgan fingerprint density at radius 1 is 0.778 bits per heavy atom. The van der Waals surface area contributed by atoms with Crippen molar-refractivity contribution in [2.24, 2.45) is 0 Å². The fraction of sp³-hybridized carbons (Fsp3) is 0.156. The van der Waals surface area contributed by atoms with E-state index in [4.69, 9.17) is 9.47 Å². The maximum absolute atomic E-state index is 12.8. The van der Waals surface area contributed by atoms with Crippen molar-refractivity contribution in [3.8, 4) is 17.2 Å². The summed E-state index contributed by atoms with van der Waals surface area (Å²) in [5, 5.41) is 10.2. The Balaban J connectivity index is 1.55. The van der Waals surface area contributed by atoms with E-state index in [1.54, 1.807) is 18.2 Å². The lowest BCUT2D eigenvalue weighted by Gasteiger charge is -2.14. The van der Waals surface area contributed by atoms with Gasteiger partial charge in [0.15, 0.2) is 17.3 Å². The minimum Gasteiger partial charge on any atom is -0.507 e. The summed E-state index contributed by atoms with van der Waals surface area (Å²) in [4.78, 5) is 12.8. The van der Waals surface area contributed by atoms with Gasteiger partial charge in [-0.2, -0.15) is 0 Å². The van der Waals surface area contributed by atoms with Gasteiger partial charge in [0.2, 0.25) is 0 Å². The maximum Gasteiger partial charge on any atom is 0.189 e. The Kier molecular flexibility index (Phi) is 8.20. The van der Waals surface area contributed by atoms with Crippen LogP contribution in [0.15, 0.2) is 103 Å². The first-order valence-electron chi connectivity index (χ1n) is 12.0. The minimum absolute atomic E-state index is 0.0226. The van der Waals surface area contributed by atoms with E-state index in [1.807, 2.05) is 84.9 Å². The fourth-order valence-corrected chi connectivity index (χ4v) is 3.70. The van der Waals surface area contributed by atoms with E-state index in [1.165, 1.54) is 6.08 Å². The van der Waals surface area contributed by atoms with E-state index in [9.17, 15) is 9.90 Å². The highest BCUT2D eigenvalue weighted by molar-refractivity contribution is 6.08. The van der Waals surface area contributed by atoms with Crippen molar-refractivity contribution in [3.05, 3.63) is 131 Å². The summed E-state index contributed by atoms with van der Waals surface area (Å²) in [6.07, 6.45) is 3.19. The normalized spacial score (nSPS) is 11.1. The van der Waals surface area contributed by atoms with E-state index in [2.05, 4.69) is 13.8 Å². The zero-order chi connectivity index (χ0) is 25.3. The molecule has 0 spiro atoms. The third kappa shape index (κ3) is 6.63. The predicted octanol–water partition coefficient (Wildman–Crippen LogP) is 7.57. The van der Waals surface area contributed by atoms with Gasteiger partial charge >= 0.3 is 0 Å². The van der Waals surface area contributed by atoms with Crippen molar-refractivity contribution in [1.82, 2.24) is 0 Å². The number of phenols is 1. The molecule has 4 heteroatoms. The van der Waals surface area contributed by atoms with Gasteiger partial charge in [0.05, 0.1) is 5.56 Å². The average Bonchev–Trinajstić information content (AvgIpc) is 2.91. The Morgan fingerprint density at radius 3 is 2.00 bits per heavy atom. The molecule has 0 amide bonds. The molecule has 1 N–H and O–H groups in total. The van der Waals surface area contributed by atoms with Gasteiger partial charge in [-0.05, 0) is 58.5 Å². The summed E-state index contributed by atoms with van der Waals surface area (Å²) in [6.45, 7) is 4.91. The van der Waals surface area contributed by atoms with E-state index < -0.39 is 0 Å². The van der Waals surface area contributed by atoms with Gasteiger partial charge in [0.25, 0.3) is 0 Å². The van der Waals surface area contributed by atoms with Crippen LogP contribution in [0.25, 0.3) is 6.08 Å². The first-order valence-corrected chi connectivity index (χ1v) is 12.0. The van der Waals surface area contributed by atoms with Gasteiger partial charge in [0.1, 0.15) is 19.0 Å². The summed E-state index contributed by atoms with van der Waals surface area (Å²) < 4.78 is 12.2. The van der Waals surface area contributed by atoms with Crippen LogP contribution in [0.1, 0.15) is 52.4 Å². The number of allylic oxidation sites excluding steroid dienone is 1. The average molecular weight is 479 g/mol. The van der Waals surface area contributed by atoms with Gasteiger partial charge in [0, 0.05) is 0 Å². The van der Waals surface area contributed by atoms with E-state index in [0.717, 1.165) is 22.3 Å². The molecule has 4 aromatic carbocycles. The first kappa shape index (κ1) is 24.8. The lowest BCUT2D eigenvalue weighted by molar-refractivity contribution is 0.104. The van der Waals surface area contributed by atoms with Crippen LogP contribution in [0.2, 0.25) is 0 Å². The number of benzene rings is 4. The summed E-state index contributed by atoms with van der Waals surface area (Å²) in [6, 6.07) is 30.6. The topological polar surface area (TPSA) is 55.8 Å². The zero-order valence-electron chi connectivity index (χ0n) is 20.6. The molecule has 0 aliphatic carbocycles. The molecule has 0 fully saturated rings. The molecular formula is C32H30O4. The Hall–Kier alpha value is -4.31. The summed E-state index contributed by atoms with van der Waals surface area (Å²) in [5.41, 5.74) is 4.19. The van der Waals surface area contributed by atoms with Crippen LogP contribution in [0.4, 0.5) is 0 Å². The molecule has 0 saturated heterocycles. The minimum atomic E-state index is -0.258. The lowest BCUT2D eigenvalue weighted by Crippen LogP contribution is -2.01. The van der Waals surface area contributed by atoms with Gasteiger partial charge in [-0.3, -0.25) is 4.79 Å². The number of ether oxygens (including phenoxy) is 2. The van der Waals surface area contributed by atoms with Crippen LogP contribution in [0, 0.1) is 0 Å². The molecule has 0 atom stereocenters. The third-order valence-electron chi connectivity index (χ3n) is 5.82. The van der Waals surface area contributed by atoms with E-state index in [0.29, 0.717) is 30.3 Å². The monoisotopic (exact) mass is 478 g/mol. The number of aromatic hydroxyl groups is 1. The number of hydrogen-bond donors (Lipinski definition) is 1. The van der Waals surface area contributed by atoms with Crippen molar-refractivity contribution < 1.29 is 19.4 Å². The van der Waals surface area contributed by atoms with Crippen LogP contribution in [0.5, 0.6) is 17.2 Å². The van der Waals surface area contributed by atoms with E-state index >= 15 is 0 Å². The van der Waals surface area contributed by atoms with Crippen LogP contribution >= 0.6 is 0 Å². The van der Waals surface area contributed by atoms with Gasteiger partial charge in [-0.25, -0.2) is 0 Å². The molecule has 0 saturated carbocycles. The summed E-state index contributed by atoms with van der Waals surface area (Å²) >= 11 is 0. The highest BCUT2D eigenvalue weighted by Gasteiger charge is 2.12. The molecule has 0 aliphatic heterocycles. The van der Waals surface area contributed by atoms with Crippen molar-refractivity contribution in [2.45, 2.75) is 33.0 Å². The maximum atomic E-state index is 12.8. The molecule has 4 aromatic rings. The van der Waals surface area contributed by atoms with E-state index in [-0.39, 0.29) is 17.5 Å². The molecule has 4 rings (SSSR count). The fourth-order valence-electron chi connectivity index (χ4n) is 3.70. The second kappa shape index (κ2) is 11.9. The number of carbonyl (C=O) groups excluding carboxylic acids is 1. The molecule has 0 radical (unpaired) electrons. The van der Waals surface area contributed by atoms with Crippen molar-refractivity contribution >= 4 is 11.9 Å². The second-order valence-electron chi connectivity index (χ2n) is 8.88. The van der Waals surface area contributed by atoms with Crippen LogP contribution in [-0.4, -0.2) is 10.9 Å². The SMILES string of the molecule is CC(C)c1ccc(O)c(C(=O)/C=C/c2ccc(OCc3ccccc3)c(OCc3ccccc3)c2)c1. The number of phenolic OH excluding ortho intramolecular Hbond substituents is 1. The largest absolute Gasteiger partial charge is 0.507 e. The Morgan fingerprint density at radius 2 is 1.39 bits per heavy atom. The summed E-state index contributed by atoms with van der Waals surface area (Å²) in [5.74, 6) is 1.19. The third-order valence-corrected chi connectivity index (χ3v) is 5.82. The highest BCUT2D eigenvalue weighted by Crippen LogP contribution is 2.31. The number of ketones is 1. The quantitative estimate of drug-likeness (QED) is 0.189. The second-order valence-corrected chi connectivity index (χ2v) is 8.88. The van der Waals surface area contributed by atoms with Crippen LogP contribution < -0.4 is 9.47 Å². The van der Waals surface area contributed by atoms with Gasteiger partial charge in [-0.1, -0.05) is 92.7 Å². The zero-order valence-corrected chi connectivity index (χ0v) is 20.6. The summed E-state index contributed by atoms with van der Waals surface area (Å²) in [7, 11) is 0. The Bertz CT molecular complexity index is 1330. The molecule has 0 heterocycles. The lowest BCUT2D eigenvalue weighted by atomic mass is 9.98. The van der Waals surface area contributed by atoms with Gasteiger partial charge < -0.3 is 14.6 Å². The van der Waals surface area contributed by atoms with Crippen LogP contribution in [0.3, 0.4) is 0 Å². The van der Waals surface area contributed by atoms with Crippen molar-refractivity contribution in [1.29, 1.82) is 0 Å². The molecule has 4 nitrogen and oxygen atoms in total. The molecule has 36 heavy (non-hydrogen) atoms. The number of carbonyl (C=O) groups is 1. The number of rotatable bonds is 10. The standard InChI is InChI=1S/C32H30O4/c1-23(2)27-15-17-30(34)28(20-27)29(33)16-13-24-14-18-31(35-21-25-9-5-3-6-10-25)32(19-24)36-22-26-11-7-4-8-12-26/h3-20,23,34H,21-22H2,1-2H3/b16-13+. The molecule has 0 bridgehead atoms. The molecule has 182 valence electrons. The number of hydrogen-bond acceptors (Lipinski definition) is 4. The Labute approximate surface area is 212 Å². The van der Waals surface area contributed by atoms with Crippen molar-refractivity contribution in [2.75, 3.05) is 0 Å².